The average molecular weight is 260 g/mol. The Bertz CT molecular complexity index is 539. The minimum absolute atomic E-state index is 0.175. The summed E-state index contributed by atoms with van der Waals surface area (Å²) < 4.78 is 4.96. The van der Waals surface area contributed by atoms with E-state index in [0.29, 0.717) is 13.1 Å². The summed E-state index contributed by atoms with van der Waals surface area (Å²) in [7, 11) is 1.71. The Labute approximate surface area is 111 Å². The molecule has 0 aliphatic rings. The predicted molar refractivity (Wildman–Crippen MR) is 69.2 cm³/mol. The lowest BCUT2D eigenvalue weighted by Gasteiger charge is -2.16. The van der Waals surface area contributed by atoms with E-state index in [1.165, 1.54) is 0 Å². The molecule has 0 spiro atoms. The van der Waals surface area contributed by atoms with Crippen LogP contribution in [0, 0.1) is 6.92 Å². The van der Waals surface area contributed by atoms with E-state index in [1.807, 2.05) is 31.2 Å². The quantitative estimate of drug-likeness (QED) is 0.908. The summed E-state index contributed by atoms with van der Waals surface area (Å²) in [6.07, 6.45) is 1.70. The number of carbonyl (C=O) groups excluding carboxylic acids is 1. The Morgan fingerprint density at radius 1 is 1.42 bits per heavy atom. The Kier molecular flexibility index (Phi) is 4.12. The third kappa shape index (κ3) is 3.80. The zero-order chi connectivity index (χ0) is 13.7. The number of hydrogen-bond acceptors (Lipinski definition) is 4. The van der Waals surface area contributed by atoms with E-state index in [2.05, 4.69) is 15.5 Å². The third-order valence-electron chi connectivity index (χ3n) is 2.57. The molecule has 0 saturated heterocycles. The highest BCUT2D eigenvalue weighted by molar-refractivity contribution is 5.73. The molecule has 6 nitrogen and oxygen atoms in total. The van der Waals surface area contributed by atoms with E-state index in [1.54, 1.807) is 18.1 Å². The van der Waals surface area contributed by atoms with Crippen LogP contribution in [0.15, 0.2) is 35.0 Å². The van der Waals surface area contributed by atoms with Gasteiger partial charge in [0.15, 0.2) is 0 Å². The summed E-state index contributed by atoms with van der Waals surface area (Å²) in [6.45, 7) is 2.63. The van der Waals surface area contributed by atoms with Crippen molar-refractivity contribution < 1.29 is 9.32 Å². The molecule has 0 saturated carbocycles. The van der Waals surface area contributed by atoms with Gasteiger partial charge in [-0.1, -0.05) is 11.2 Å². The lowest BCUT2D eigenvalue weighted by atomic mass is 10.3. The second kappa shape index (κ2) is 5.99. The number of urea groups is 1. The van der Waals surface area contributed by atoms with Crippen LogP contribution in [-0.2, 0) is 13.1 Å². The number of pyridine rings is 1. The number of rotatable bonds is 4. The fraction of sp³-hybridized carbons (Fsp3) is 0.308. The Morgan fingerprint density at radius 2 is 2.26 bits per heavy atom. The minimum atomic E-state index is -0.175. The average Bonchev–Trinajstić information content (AvgIpc) is 2.82. The van der Waals surface area contributed by atoms with Crippen molar-refractivity contribution in [2.75, 3.05) is 7.05 Å². The van der Waals surface area contributed by atoms with Gasteiger partial charge in [-0.05, 0) is 19.1 Å². The number of hydrogen-bond donors (Lipinski definition) is 1. The number of nitrogens with one attached hydrogen (secondary N) is 1. The maximum atomic E-state index is 11.9. The molecule has 0 atom stereocenters. The fourth-order valence-electron chi connectivity index (χ4n) is 1.61. The Hall–Kier alpha value is -2.37. The summed E-state index contributed by atoms with van der Waals surface area (Å²) in [5.41, 5.74) is 1.55. The van der Waals surface area contributed by atoms with E-state index in [4.69, 9.17) is 4.52 Å². The van der Waals surface area contributed by atoms with Gasteiger partial charge >= 0.3 is 6.03 Å². The number of carbonyl (C=O) groups is 1. The van der Waals surface area contributed by atoms with Crippen LogP contribution in [0.25, 0.3) is 0 Å². The van der Waals surface area contributed by atoms with E-state index in [9.17, 15) is 4.79 Å². The first kappa shape index (κ1) is 13.1. The molecule has 2 rings (SSSR count). The molecular weight excluding hydrogens is 244 g/mol. The summed E-state index contributed by atoms with van der Waals surface area (Å²) in [4.78, 5) is 17.5. The van der Waals surface area contributed by atoms with Crippen LogP contribution in [0.4, 0.5) is 4.79 Å². The summed E-state index contributed by atoms with van der Waals surface area (Å²) in [6, 6.07) is 7.22. The second-order valence-electron chi connectivity index (χ2n) is 4.26. The smallest absolute Gasteiger partial charge is 0.317 e. The van der Waals surface area contributed by atoms with Gasteiger partial charge in [-0.2, -0.15) is 0 Å². The van der Waals surface area contributed by atoms with Crippen molar-refractivity contribution in [1.82, 2.24) is 20.4 Å². The van der Waals surface area contributed by atoms with Crippen LogP contribution in [-0.4, -0.2) is 28.1 Å². The first-order valence-corrected chi connectivity index (χ1v) is 5.96. The van der Waals surface area contributed by atoms with Crippen molar-refractivity contribution in [2.24, 2.45) is 0 Å². The molecule has 2 heterocycles. The van der Waals surface area contributed by atoms with Gasteiger partial charge in [0.2, 0.25) is 0 Å². The zero-order valence-electron chi connectivity index (χ0n) is 11.0. The lowest BCUT2D eigenvalue weighted by molar-refractivity contribution is 0.205. The van der Waals surface area contributed by atoms with E-state index < -0.39 is 0 Å². The number of nitrogens with zero attached hydrogens (tertiary/aromatic N) is 3. The molecule has 6 heteroatoms. The maximum absolute atomic E-state index is 11.9. The molecule has 2 aromatic rings. The van der Waals surface area contributed by atoms with Gasteiger partial charge in [0.25, 0.3) is 0 Å². The fourth-order valence-corrected chi connectivity index (χ4v) is 1.61. The van der Waals surface area contributed by atoms with Gasteiger partial charge in [-0.15, -0.1) is 0 Å². The number of aromatic nitrogens is 2. The van der Waals surface area contributed by atoms with Crippen LogP contribution in [0.5, 0.6) is 0 Å². The first-order chi connectivity index (χ1) is 9.15. The largest absolute Gasteiger partial charge is 0.361 e. The van der Waals surface area contributed by atoms with Crippen molar-refractivity contribution in [3.63, 3.8) is 0 Å². The summed E-state index contributed by atoms with van der Waals surface area (Å²) >= 11 is 0. The summed E-state index contributed by atoms with van der Waals surface area (Å²) in [5, 5.41) is 6.64. The molecule has 2 amide bonds. The molecule has 100 valence electrons. The highest BCUT2D eigenvalue weighted by atomic mass is 16.5. The minimum Gasteiger partial charge on any atom is -0.361 e. The molecule has 1 N–H and O–H groups in total. The van der Waals surface area contributed by atoms with Gasteiger partial charge < -0.3 is 14.7 Å². The van der Waals surface area contributed by atoms with Crippen molar-refractivity contribution >= 4 is 6.03 Å². The molecule has 2 aromatic heterocycles. The van der Waals surface area contributed by atoms with Crippen molar-refractivity contribution in [1.29, 1.82) is 0 Å². The van der Waals surface area contributed by atoms with E-state index in [-0.39, 0.29) is 6.03 Å². The van der Waals surface area contributed by atoms with Gasteiger partial charge in [0.05, 0.1) is 18.8 Å². The third-order valence-corrected chi connectivity index (χ3v) is 2.57. The van der Waals surface area contributed by atoms with Gasteiger partial charge in [0, 0.05) is 19.3 Å². The van der Waals surface area contributed by atoms with Crippen LogP contribution in [0.2, 0.25) is 0 Å². The number of amides is 2. The van der Waals surface area contributed by atoms with E-state index in [0.717, 1.165) is 17.1 Å². The molecule has 0 unspecified atom stereocenters. The Balaban J connectivity index is 1.82. The van der Waals surface area contributed by atoms with Crippen molar-refractivity contribution in [3.8, 4) is 0 Å². The molecule has 0 bridgehead atoms. The molecular formula is C13H16N4O2. The van der Waals surface area contributed by atoms with Gasteiger partial charge in [-0.25, -0.2) is 4.79 Å². The second-order valence-corrected chi connectivity index (χ2v) is 4.26. The van der Waals surface area contributed by atoms with Crippen molar-refractivity contribution in [2.45, 2.75) is 20.0 Å². The Morgan fingerprint density at radius 3 is 2.89 bits per heavy atom. The normalized spacial score (nSPS) is 10.2. The molecule has 0 radical (unpaired) electrons. The maximum Gasteiger partial charge on any atom is 0.317 e. The van der Waals surface area contributed by atoms with E-state index >= 15 is 0 Å². The molecule has 19 heavy (non-hydrogen) atoms. The van der Waals surface area contributed by atoms with Crippen LogP contribution in [0.3, 0.4) is 0 Å². The highest BCUT2D eigenvalue weighted by Gasteiger charge is 2.11. The van der Waals surface area contributed by atoms with Crippen LogP contribution in [0.1, 0.15) is 17.1 Å². The predicted octanol–water partition coefficient (Wildman–Crippen LogP) is 1.72. The molecule has 0 aliphatic carbocycles. The molecule has 0 aromatic carbocycles. The first-order valence-electron chi connectivity index (χ1n) is 5.96. The van der Waals surface area contributed by atoms with Gasteiger partial charge in [0.1, 0.15) is 11.5 Å². The summed E-state index contributed by atoms with van der Waals surface area (Å²) in [5.74, 6) is 0.734. The standard InChI is InChI=1S/C13H16N4O2/c1-10-7-12(16-19-10)9-17(2)13(18)15-8-11-5-3-4-6-14-11/h3-7H,8-9H2,1-2H3,(H,15,18). The molecule has 0 fully saturated rings. The highest BCUT2D eigenvalue weighted by Crippen LogP contribution is 2.04. The van der Waals surface area contributed by atoms with Crippen LogP contribution >= 0.6 is 0 Å². The van der Waals surface area contributed by atoms with Crippen LogP contribution < -0.4 is 5.32 Å². The number of aryl methyl sites for hydroxylation is 1. The topological polar surface area (TPSA) is 71.3 Å². The van der Waals surface area contributed by atoms with Crippen molar-refractivity contribution in [3.05, 3.63) is 47.6 Å². The van der Waals surface area contributed by atoms with Gasteiger partial charge in [-0.3, -0.25) is 4.98 Å². The zero-order valence-corrected chi connectivity index (χ0v) is 11.0. The SMILES string of the molecule is Cc1cc(CN(C)C(=O)NCc2ccccn2)no1. The monoisotopic (exact) mass is 260 g/mol. The molecule has 0 aliphatic heterocycles. The lowest BCUT2D eigenvalue weighted by Crippen LogP contribution is -2.36.